The Morgan fingerprint density at radius 2 is 1.94 bits per heavy atom. The van der Waals surface area contributed by atoms with Crippen LogP contribution in [0.15, 0.2) is 0 Å². The van der Waals surface area contributed by atoms with Crippen LogP contribution in [-0.2, 0) is 4.79 Å². The third-order valence-corrected chi connectivity index (χ3v) is 4.55. The molecule has 1 aliphatic heterocycles. The number of carbonyl (C=O) groups excluding carboxylic acids is 1. The number of nitrogens with zero attached hydrogens (tertiary/aromatic N) is 1. The van der Waals surface area contributed by atoms with Crippen LogP contribution in [0.25, 0.3) is 0 Å². The predicted molar refractivity (Wildman–Crippen MR) is 62.8 cm³/mol. The first-order valence-electron chi connectivity index (χ1n) is 6.32. The summed E-state index contributed by atoms with van der Waals surface area (Å²) < 4.78 is 0. The maximum atomic E-state index is 12.0. The molecular formula is C13H23NO2. The molecule has 3 nitrogen and oxygen atoms in total. The van der Waals surface area contributed by atoms with Gasteiger partial charge in [0, 0.05) is 13.1 Å². The number of aliphatic hydroxyl groups is 1. The number of likely N-dealkylation sites (tertiary alicyclic amines) is 1. The van der Waals surface area contributed by atoms with Gasteiger partial charge in [0.25, 0.3) is 5.91 Å². The van der Waals surface area contributed by atoms with E-state index in [2.05, 4.69) is 13.8 Å². The molecule has 2 aliphatic rings. The van der Waals surface area contributed by atoms with Crippen LogP contribution in [0.2, 0.25) is 0 Å². The van der Waals surface area contributed by atoms with Crippen molar-refractivity contribution in [2.75, 3.05) is 13.1 Å². The topological polar surface area (TPSA) is 40.5 Å². The maximum absolute atomic E-state index is 12.0. The number of rotatable bonds is 1. The van der Waals surface area contributed by atoms with Crippen molar-refractivity contribution in [3.63, 3.8) is 0 Å². The normalized spacial score (nSPS) is 38.9. The lowest BCUT2D eigenvalue weighted by Crippen LogP contribution is -2.44. The summed E-state index contributed by atoms with van der Waals surface area (Å²) in [6, 6.07) is 0. The van der Waals surface area contributed by atoms with Crippen LogP contribution in [0.4, 0.5) is 0 Å². The van der Waals surface area contributed by atoms with Gasteiger partial charge in [0.2, 0.25) is 0 Å². The lowest BCUT2D eigenvalue weighted by atomic mass is 9.91. The molecule has 1 heterocycles. The Balaban J connectivity index is 2.03. The number of amides is 1. The maximum Gasteiger partial charge on any atom is 0.253 e. The van der Waals surface area contributed by atoms with Crippen molar-refractivity contribution in [2.45, 2.75) is 39.7 Å². The molecule has 4 unspecified atom stereocenters. The number of fused-ring (bicyclic) bond motifs is 1. The molecule has 0 aromatic heterocycles. The predicted octanol–water partition coefficient (Wildman–Crippen LogP) is 1.51. The summed E-state index contributed by atoms with van der Waals surface area (Å²) >= 11 is 0. The van der Waals surface area contributed by atoms with Gasteiger partial charge in [-0.05, 0) is 43.9 Å². The Hall–Kier alpha value is -0.570. The zero-order valence-corrected chi connectivity index (χ0v) is 10.7. The van der Waals surface area contributed by atoms with E-state index >= 15 is 0 Å². The Morgan fingerprint density at radius 1 is 1.31 bits per heavy atom. The lowest BCUT2D eigenvalue weighted by Gasteiger charge is -2.26. The molecule has 16 heavy (non-hydrogen) atoms. The monoisotopic (exact) mass is 225 g/mol. The fraction of sp³-hybridized carbons (Fsp3) is 0.923. The highest BCUT2D eigenvalue weighted by Crippen LogP contribution is 2.45. The van der Waals surface area contributed by atoms with Crippen LogP contribution in [0, 0.1) is 23.7 Å². The van der Waals surface area contributed by atoms with E-state index in [1.165, 1.54) is 6.42 Å². The molecule has 0 radical (unpaired) electrons. The van der Waals surface area contributed by atoms with Crippen molar-refractivity contribution in [1.29, 1.82) is 0 Å². The molecule has 1 N–H and O–H groups in total. The molecule has 0 spiro atoms. The average molecular weight is 225 g/mol. The van der Waals surface area contributed by atoms with Gasteiger partial charge in [-0.3, -0.25) is 4.79 Å². The summed E-state index contributed by atoms with van der Waals surface area (Å²) in [6.07, 6.45) is 1.24. The molecule has 0 aromatic rings. The molecule has 2 rings (SSSR count). The fourth-order valence-electron chi connectivity index (χ4n) is 3.41. The second-order valence-electron chi connectivity index (χ2n) is 6.27. The van der Waals surface area contributed by atoms with Crippen LogP contribution in [0.5, 0.6) is 0 Å². The van der Waals surface area contributed by atoms with Gasteiger partial charge in [0.1, 0.15) is 5.60 Å². The minimum Gasteiger partial charge on any atom is -0.381 e. The van der Waals surface area contributed by atoms with Crippen LogP contribution >= 0.6 is 0 Å². The van der Waals surface area contributed by atoms with Crippen LogP contribution in [0.1, 0.15) is 34.1 Å². The van der Waals surface area contributed by atoms with E-state index in [1.807, 2.05) is 4.90 Å². The third-order valence-electron chi connectivity index (χ3n) is 4.55. The van der Waals surface area contributed by atoms with Crippen LogP contribution in [0.3, 0.4) is 0 Å². The van der Waals surface area contributed by atoms with E-state index in [-0.39, 0.29) is 5.91 Å². The van der Waals surface area contributed by atoms with Crippen molar-refractivity contribution in [3.05, 3.63) is 0 Å². The smallest absolute Gasteiger partial charge is 0.253 e. The van der Waals surface area contributed by atoms with E-state index in [9.17, 15) is 9.90 Å². The quantitative estimate of drug-likeness (QED) is 0.735. The Bertz CT molecular complexity index is 295. The summed E-state index contributed by atoms with van der Waals surface area (Å²) in [7, 11) is 0. The Labute approximate surface area is 97.8 Å². The summed E-state index contributed by atoms with van der Waals surface area (Å²) in [5.41, 5.74) is -1.21. The fourth-order valence-corrected chi connectivity index (χ4v) is 3.41. The molecule has 3 heteroatoms. The van der Waals surface area contributed by atoms with Crippen molar-refractivity contribution in [2.24, 2.45) is 23.7 Å². The number of hydrogen-bond donors (Lipinski definition) is 1. The average Bonchev–Trinajstić information content (AvgIpc) is 2.66. The third kappa shape index (κ3) is 1.86. The largest absolute Gasteiger partial charge is 0.381 e. The van der Waals surface area contributed by atoms with E-state index in [0.29, 0.717) is 17.8 Å². The number of hydrogen-bond acceptors (Lipinski definition) is 2. The first-order valence-corrected chi connectivity index (χ1v) is 6.32. The summed E-state index contributed by atoms with van der Waals surface area (Å²) in [5.74, 6) is 2.71. The van der Waals surface area contributed by atoms with Crippen LogP contribution < -0.4 is 0 Å². The van der Waals surface area contributed by atoms with Gasteiger partial charge >= 0.3 is 0 Å². The van der Waals surface area contributed by atoms with Gasteiger partial charge < -0.3 is 10.0 Å². The van der Waals surface area contributed by atoms with E-state index in [4.69, 9.17) is 0 Å². The Kier molecular flexibility index (Phi) is 2.77. The molecule has 0 aromatic carbocycles. The highest BCUT2D eigenvalue weighted by molar-refractivity contribution is 5.84. The molecule has 1 saturated carbocycles. The van der Waals surface area contributed by atoms with Crippen molar-refractivity contribution >= 4 is 5.91 Å². The van der Waals surface area contributed by atoms with E-state index in [1.54, 1.807) is 13.8 Å². The highest BCUT2D eigenvalue weighted by Gasteiger charge is 2.46. The zero-order valence-electron chi connectivity index (χ0n) is 10.7. The standard InChI is InChI=1S/C13H23NO2/c1-8-5-10-6-14(7-11(10)9(8)2)12(15)13(3,4)16/h8-11,16H,5-7H2,1-4H3. The minimum atomic E-state index is -1.21. The molecular weight excluding hydrogens is 202 g/mol. The zero-order chi connectivity index (χ0) is 12.1. The van der Waals surface area contributed by atoms with Crippen LogP contribution in [-0.4, -0.2) is 34.6 Å². The molecule has 92 valence electrons. The summed E-state index contributed by atoms with van der Waals surface area (Å²) in [4.78, 5) is 13.8. The summed E-state index contributed by atoms with van der Waals surface area (Å²) in [6.45, 7) is 9.46. The van der Waals surface area contributed by atoms with Gasteiger partial charge in [-0.15, -0.1) is 0 Å². The second-order valence-corrected chi connectivity index (χ2v) is 6.27. The van der Waals surface area contributed by atoms with Gasteiger partial charge in [-0.2, -0.15) is 0 Å². The van der Waals surface area contributed by atoms with Gasteiger partial charge in [0.15, 0.2) is 0 Å². The van der Waals surface area contributed by atoms with Gasteiger partial charge in [0.05, 0.1) is 0 Å². The lowest BCUT2D eigenvalue weighted by molar-refractivity contribution is -0.147. The van der Waals surface area contributed by atoms with Gasteiger partial charge in [-0.25, -0.2) is 0 Å². The van der Waals surface area contributed by atoms with E-state index < -0.39 is 5.60 Å². The first kappa shape index (κ1) is 11.9. The van der Waals surface area contributed by atoms with Crippen molar-refractivity contribution in [1.82, 2.24) is 4.90 Å². The number of carbonyl (C=O) groups is 1. The first-order chi connectivity index (χ1) is 7.30. The molecule has 1 amide bonds. The second kappa shape index (κ2) is 3.73. The summed E-state index contributed by atoms with van der Waals surface area (Å²) in [5, 5.41) is 9.74. The minimum absolute atomic E-state index is 0.109. The van der Waals surface area contributed by atoms with Crippen molar-refractivity contribution in [3.8, 4) is 0 Å². The molecule has 0 bridgehead atoms. The molecule has 2 fully saturated rings. The van der Waals surface area contributed by atoms with E-state index in [0.717, 1.165) is 19.0 Å². The molecule has 4 atom stereocenters. The SMILES string of the molecule is CC1CC2CN(C(=O)C(C)(C)O)CC2C1C. The highest BCUT2D eigenvalue weighted by atomic mass is 16.3. The van der Waals surface area contributed by atoms with Crippen molar-refractivity contribution < 1.29 is 9.90 Å². The van der Waals surface area contributed by atoms with Gasteiger partial charge in [-0.1, -0.05) is 13.8 Å². The molecule has 1 saturated heterocycles. The molecule has 1 aliphatic carbocycles. The Morgan fingerprint density at radius 3 is 2.44 bits per heavy atom.